The summed E-state index contributed by atoms with van der Waals surface area (Å²) in [6.45, 7) is 5.28. The lowest BCUT2D eigenvalue weighted by Crippen LogP contribution is -2.48. The molecule has 1 aliphatic heterocycles. The number of rotatable bonds is 4. The third kappa shape index (κ3) is 3.22. The molecule has 1 aliphatic rings. The molecule has 5 nitrogen and oxygen atoms in total. The zero-order chi connectivity index (χ0) is 17.2. The number of hydrogen-bond acceptors (Lipinski definition) is 3. The molecular weight excluding hydrogens is 302 g/mol. The van der Waals surface area contributed by atoms with Crippen molar-refractivity contribution in [3.8, 4) is 0 Å². The van der Waals surface area contributed by atoms with Gasteiger partial charge in [-0.2, -0.15) is 5.10 Å². The average Bonchev–Trinajstić information content (AvgIpc) is 3.02. The number of benzene rings is 1. The molecule has 1 amide bonds. The van der Waals surface area contributed by atoms with Crippen LogP contribution in [0.15, 0.2) is 36.7 Å². The standard InChI is InChI=1S/C19H25N3O2/c1-14-4-6-17(7-5-14)19(8-10-24-11-9-19)18(23)21-15(2)16-12-20-22(3)13-16/h4-7,12-13,15H,8-11H2,1-3H3,(H,21,23). The molecule has 1 unspecified atom stereocenters. The van der Waals surface area contributed by atoms with E-state index in [-0.39, 0.29) is 11.9 Å². The Bertz CT molecular complexity index is 700. The Morgan fingerprint density at radius 3 is 2.54 bits per heavy atom. The van der Waals surface area contributed by atoms with E-state index in [9.17, 15) is 4.79 Å². The van der Waals surface area contributed by atoms with E-state index in [0.29, 0.717) is 26.1 Å². The highest BCUT2D eigenvalue weighted by Gasteiger charge is 2.42. The van der Waals surface area contributed by atoms with Crippen LogP contribution >= 0.6 is 0 Å². The summed E-state index contributed by atoms with van der Waals surface area (Å²) in [5, 5.41) is 7.37. The molecular formula is C19H25N3O2. The molecule has 2 heterocycles. The third-order valence-corrected chi connectivity index (χ3v) is 4.96. The summed E-state index contributed by atoms with van der Waals surface area (Å²) in [5.41, 5.74) is 2.77. The Labute approximate surface area is 143 Å². The zero-order valence-electron chi connectivity index (χ0n) is 14.6. The van der Waals surface area contributed by atoms with Crippen LogP contribution in [0.5, 0.6) is 0 Å². The molecule has 3 rings (SSSR count). The van der Waals surface area contributed by atoms with Gasteiger partial charge < -0.3 is 10.1 Å². The Morgan fingerprint density at radius 1 is 1.29 bits per heavy atom. The van der Waals surface area contributed by atoms with Crippen LogP contribution in [0.4, 0.5) is 0 Å². The van der Waals surface area contributed by atoms with Crippen molar-refractivity contribution in [2.24, 2.45) is 7.05 Å². The van der Waals surface area contributed by atoms with Crippen molar-refractivity contribution in [3.05, 3.63) is 53.3 Å². The van der Waals surface area contributed by atoms with Crippen LogP contribution in [0.25, 0.3) is 0 Å². The summed E-state index contributed by atoms with van der Waals surface area (Å²) in [6.07, 6.45) is 5.16. The quantitative estimate of drug-likeness (QED) is 0.939. The van der Waals surface area contributed by atoms with Gasteiger partial charge in [0.2, 0.25) is 5.91 Å². The molecule has 1 aromatic carbocycles. The fourth-order valence-corrected chi connectivity index (χ4v) is 3.32. The summed E-state index contributed by atoms with van der Waals surface area (Å²) in [6, 6.07) is 8.23. The smallest absolute Gasteiger partial charge is 0.231 e. The van der Waals surface area contributed by atoms with Crippen molar-refractivity contribution in [1.82, 2.24) is 15.1 Å². The predicted molar refractivity (Wildman–Crippen MR) is 92.7 cm³/mol. The summed E-state index contributed by atoms with van der Waals surface area (Å²) in [7, 11) is 1.88. The zero-order valence-corrected chi connectivity index (χ0v) is 14.6. The molecule has 0 radical (unpaired) electrons. The average molecular weight is 327 g/mol. The monoisotopic (exact) mass is 327 g/mol. The summed E-state index contributed by atoms with van der Waals surface area (Å²) in [4.78, 5) is 13.2. The number of ether oxygens (including phenoxy) is 1. The molecule has 1 saturated heterocycles. The number of nitrogens with zero attached hydrogens (tertiary/aromatic N) is 2. The van der Waals surface area contributed by atoms with Crippen molar-refractivity contribution in [1.29, 1.82) is 0 Å². The number of aryl methyl sites for hydroxylation is 2. The molecule has 1 atom stereocenters. The predicted octanol–water partition coefficient (Wildman–Crippen LogP) is 2.65. The van der Waals surface area contributed by atoms with E-state index in [1.165, 1.54) is 5.56 Å². The number of aromatic nitrogens is 2. The Hall–Kier alpha value is -2.14. The van der Waals surface area contributed by atoms with E-state index in [0.717, 1.165) is 11.1 Å². The summed E-state index contributed by atoms with van der Waals surface area (Å²) in [5.74, 6) is 0.0750. The van der Waals surface area contributed by atoms with Gasteiger partial charge in [-0.1, -0.05) is 29.8 Å². The van der Waals surface area contributed by atoms with E-state index >= 15 is 0 Å². The van der Waals surface area contributed by atoms with Gasteiger partial charge in [0.05, 0.1) is 17.7 Å². The maximum absolute atomic E-state index is 13.2. The molecule has 1 fully saturated rings. The van der Waals surface area contributed by atoms with Crippen molar-refractivity contribution < 1.29 is 9.53 Å². The molecule has 0 bridgehead atoms. The molecule has 0 spiro atoms. The van der Waals surface area contributed by atoms with Crippen molar-refractivity contribution in [2.75, 3.05) is 13.2 Å². The second-order valence-electron chi connectivity index (χ2n) is 6.70. The first kappa shape index (κ1) is 16.7. The van der Waals surface area contributed by atoms with Crippen LogP contribution in [-0.2, 0) is 22.0 Å². The first-order valence-electron chi connectivity index (χ1n) is 8.46. The van der Waals surface area contributed by atoms with Gasteiger partial charge in [-0.05, 0) is 32.3 Å². The highest BCUT2D eigenvalue weighted by molar-refractivity contribution is 5.88. The Morgan fingerprint density at radius 2 is 1.96 bits per heavy atom. The molecule has 1 N–H and O–H groups in total. The normalized spacial score (nSPS) is 18.1. The molecule has 24 heavy (non-hydrogen) atoms. The number of nitrogens with one attached hydrogen (secondary N) is 1. The van der Waals surface area contributed by atoms with Crippen LogP contribution in [0.2, 0.25) is 0 Å². The van der Waals surface area contributed by atoms with Gasteiger partial charge >= 0.3 is 0 Å². The van der Waals surface area contributed by atoms with E-state index in [4.69, 9.17) is 4.74 Å². The molecule has 0 aliphatic carbocycles. The van der Waals surface area contributed by atoms with Crippen LogP contribution in [0.3, 0.4) is 0 Å². The maximum Gasteiger partial charge on any atom is 0.231 e. The number of carbonyl (C=O) groups is 1. The first-order chi connectivity index (χ1) is 11.5. The van der Waals surface area contributed by atoms with Crippen molar-refractivity contribution in [3.63, 3.8) is 0 Å². The number of hydrogen-bond donors (Lipinski definition) is 1. The van der Waals surface area contributed by atoms with Gasteiger partial charge in [-0.25, -0.2) is 0 Å². The van der Waals surface area contributed by atoms with Gasteiger partial charge in [-0.3, -0.25) is 9.48 Å². The lowest BCUT2D eigenvalue weighted by molar-refractivity contribution is -0.131. The van der Waals surface area contributed by atoms with Gasteiger partial charge in [0.1, 0.15) is 0 Å². The Kier molecular flexibility index (Phi) is 4.71. The molecule has 128 valence electrons. The SMILES string of the molecule is Cc1ccc(C2(C(=O)NC(C)c3cnn(C)c3)CCOCC2)cc1. The van der Waals surface area contributed by atoms with E-state index in [2.05, 4.69) is 41.6 Å². The summed E-state index contributed by atoms with van der Waals surface area (Å²) >= 11 is 0. The van der Waals surface area contributed by atoms with E-state index in [1.807, 2.05) is 20.2 Å². The van der Waals surface area contributed by atoms with Crippen LogP contribution in [0, 0.1) is 6.92 Å². The van der Waals surface area contributed by atoms with Crippen LogP contribution in [-0.4, -0.2) is 28.9 Å². The third-order valence-electron chi connectivity index (χ3n) is 4.96. The second-order valence-corrected chi connectivity index (χ2v) is 6.70. The molecule has 2 aromatic rings. The fraction of sp³-hybridized carbons (Fsp3) is 0.474. The largest absolute Gasteiger partial charge is 0.381 e. The minimum absolute atomic E-state index is 0.0728. The van der Waals surface area contributed by atoms with Crippen molar-refractivity contribution in [2.45, 2.75) is 38.1 Å². The van der Waals surface area contributed by atoms with E-state index in [1.54, 1.807) is 10.9 Å². The minimum atomic E-state index is -0.511. The second kappa shape index (κ2) is 6.77. The summed E-state index contributed by atoms with van der Waals surface area (Å²) < 4.78 is 7.27. The fourth-order valence-electron chi connectivity index (χ4n) is 3.32. The van der Waals surface area contributed by atoms with Crippen molar-refractivity contribution >= 4 is 5.91 Å². The lowest BCUT2D eigenvalue weighted by atomic mass is 9.73. The number of carbonyl (C=O) groups excluding carboxylic acids is 1. The van der Waals surface area contributed by atoms with E-state index < -0.39 is 5.41 Å². The topological polar surface area (TPSA) is 56.2 Å². The van der Waals surface area contributed by atoms with Crippen LogP contribution < -0.4 is 5.32 Å². The Balaban J connectivity index is 1.85. The van der Waals surface area contributed by atoms with Gasteiger partial charge in [0.25, 0.3) is 0 Å². The highest BCUT2D eigenvalue weighted by Crippen LogP contribution is 2.36. The lowest BCUT2D eigenvalue weighted by Gasteiger charge is -2.37. The maximum atomic E-state index is 13.2. The van der Waals surface area contributed by atoms with Crippen LogP contribution in [0.1, 0.15) is 42.5 Å². The van der Waals surface area contributed by atoms with Gasteiger partial charge in [0.15, 0.2) is 0 Å². The van der Waals surface area contributed by atoms with Gasteiger partial charge in [-0.15, -0.1) is 0 Å². The highest BCUT2D eigenvalue weighted by atomic mass is 16.5. The molecule has 1 aromatic heterocycles. The first-order valence-corrected chi connectivity index (χ1v) is 8.46. The molecule has 5 heteroatoms. The minimum Gasteiger partial charge on any atom is -0.381 e. The van der Waals surface area contributed by atoms with Gasteiger partial charge in [0, 0.05) is 32.0 Å². The molecule has 0 saturated carbocycles. The number of amides is 1.